The van der Waals surface area contributed by atoms with Gasteiger partial charge < -0.3 is 19.5 Å². The third kappa shape index (κ3) is 4.42. The summed E-state index contributed by atoms with van der Waals surface area (Å²) >= 11 is 0. The number of benzene rings is 2. The van der Waals surface area contributed by atoms with Crippen LogP contribution in [-0.4, -0.2) is 27.9 Å². The molecule has 0 heterocycles. The van der Waals surface area contributed by atoms with Crippen LogP contribution in [-0.2, 0) is 18.4 Å². The van der Waals surface area contributed by atoms with E-state index < -0.39 is 0 Å². The largest absolute Gasteiger partial charge is 0.493 e. The molecule has 2 aliphatic rings. The second kappa shape index (κ2) is 9.81. The highest BCUT2D eigenvalue weighted by atomic mass is 16.5. The number of rotatable bonds is 8. The lowest BCUT2D eigenvalue weighted by Crippen LogP contribution is -2.52. The van der Waals surface area contributed by atoms with Crippen molar-refractivity contribution in [3.63, 3.8) is 0 Å². The van der Waals surface area contributed by atoms with Crippen LogP contribution in [0.5, 0.6) is 17.2 Å². The molecule has 0 spiro atoms. The van der Waals surface area contributed by atoms with Crippen LogP contribution in [0.4, 0.5) is 0 Å². The topological polar surface area (TPSA) is 39.7 Å². The van der Waals surface area contributed by atoms with Crippen molar-refractivity contribution >= 4 is 0 Å². The Bertz CT molecular complexity index is 991. The molecule has 2 aromatic carbocycles. The zero-order chi connectivity index (χ0) is 24.5. The normalized spacial score (nSPS) is 26.1. The van der Waals surface area contributed by atoms with Gasteiger partial charge >= 0.3 is 0 Å². The van der Waals surface area contributed by atoms with Crippen molar-refractivity contribution in [3.05, 3.63) is 52.6 Å². The molecule has 1 N–H and O–H groups in total. The van der Waals surface area contributed by atoms with Crippen molar-refractivity contribution in [2.24, 2.45) is 11.3 Å². The van der Waals surface area contributed by atoms with Crippen molar-refractivity contribution < 1.29 is 14.2 Å². The zero-order valence-electron chi connectivity index (χ0n) is 22.2. The summed E-state index contributed by atoms with van der Waals surface area (Å²) in [5, 5.41) is 3.80. The lowest BCUT2D eigenvalue weighted by Gasteiger charge is -2.55. The van der Waals surface area contributed by atoms with Gasteiger partial charge in [-0.15, -0.1) is 0 Å². The Balaban J connectivity index is 1.51. The van der Waals surface area contributed by atoms with E-state index in [1.807, 2.05) is 12.1 Å². The molecule has 0 bridgehead atoms. The number of nitrogens with one attached hydrogen (secondary N) is 1. The Morgan fingerprint density at radius 1 is 0.971 bits per heavy atom. The van der Waals surface area contributed by atoms with Crippen LogP contribution in [0.1, 0.15) is 81.5 Å². The van der Waals surface area contributed by atoms with Crippen LogP contribution < -0.4 is 19.5 Å². The van der Waals surface area contributed by atoms with E-state index in [-0.39, 0.29) is 10.8 Å². The second-order valence-electron chi connectivity index (χ2n) is 11.2. The van der Waals surface area contributed by atoms with Gasteiger partial charge in [0.25, 0.3) is 0 Å². The molecule has 0 saturated heterocycles. The number of aryl methyl sites for hydroxylation is 1. The molecular weight excluding hydrogens is 422 g/mol. The van der Waals surface area contributed by atoms with Crippen molar-refractivity contribution in [1.29, 1.82) is 0 Å². The van der Waals surface area contributed by atoms with Crippen LogP contribution in [0.15, 0.2) is 30.3 Å². The Labute approximate surface area is 206 Å². The molecule has 0 amide bonds. The number of fused-ring (bicyclic) bond motifs is 3. The molecule has 0 aromatic heterocycles. The summed E-state index contributed by atoms with van der Waals surface area (Å²) < 4.78 is 16.6. The van der Waals surface area contributed by atoms with Crippen molar-refractivity contribution in [3.8, 4) is 17.2 Å². The highest BCUT2D eigenvalue weighted by Crippen LogP contribution is 2.57. The van der Waals surface area contributed by atoms with E-state index in [0.717, 1.165) is 18.7 Å². The zero-order valence-corrected chi connectivity index (χ0v) is 22.2. The molecule has 34 heavy (non-hydrogen) atoms. The van der Waals surface area contributed by atoms with Gasteiger partial charge in [-0.2, -0.15) is 0 Å². The highest BCUT2D eigenvalue weighted by Gasteiger charge is 2.51. The first-order valence-electron chi connectivity index (χ1n) is 12.9. The predicted octanol–water partition coefficient (Wildman–Crippen LogP) is 6.64. The third-order valence-electron chi connectivity index (χ3n) is 8.75. The van der Waals surface area contributed by atoms with E-state index in [1.54, 1.807) is 32.5 Å². The van der Waals surface area contributed by atoms with E-state index in [0.29, 0.717) is 29.1 Å². The summed E-state index contributed by atoms with van der Waals surface area (Å²) in [6.45, 7) is 11.5. The number of ether oxygens (including phenoxy) is 3. The van der Waals surface area contributed by atoms with Crippen LogP contribution in [0.25, 0.3) is 0 Å². The first kappa shape index (κ1) is 24.9. The average molecular weight is 466 g/mol. The minimum atomic E-state index is 0.268. The number of hydrogen-bond acceptors (Lipinski definition) is 4. The lowest BCUT2D eigenvalue weighted by molar-refractivity contribution is 0.0257. The molecule has 2 aliphatic carbocycles. The molecule has 0 radical (unpaired) electrons. The molecule has 3 atom stereocenters. The summed E-state index contributed by atoms with van der Waals surface area (Å²) in [5.41, 5.74) is 6.38. The van der Waals surface area contributed by atoms with Gasteiger partial charge in [-0.3, -0.25) is 0 Å². The van der Waals surface area contributed by atoms with Crippen LogP contribution in [0.3, 0.4) is 0 Å². The van der Waals surface area contributed by atoms with Gasteiger partial charge in [-0.1, -0.05) is 52.3 Å². The van der Waals surface area contributed by atoms with E-state index >= 15 is 0 Å². The molecule has 1 saturated carbocycles. The highest BCUT2D eigenvalue weighted by molar-refractivity contribution is 5.53. The molecule has 4 heteroatoms. The van der Waals surface area contributed by atoms with Gasteiger partial charge in [-0.05, 0) is 82.7 Å². The van der Waals surface area contributed by atoms with E-state index in [4.69, 9.17) is 14.2 Å². The smallest absolute Gasteiger partial charge is 0.203 e. The molecule has 0 unspecified atom stereocenters. The van der Waals surface area contributed by atoms with Gasteiger partial charge in [0.05, 0.1) is 21.3 Å². The van der Waals surface area contributed by atoms with Crippen molar-refractivity contribution in [1.82, 2.24) is 5.32 Å². The molecule has 0 aliphatic heterocycles. The molecule has 4 rings (SSSR count). The molecule has 4 nitrogen and oxygen atoms in total. The van der Waals surface area contributed by atoms with Gasteiger partial charge in [0.2, 0.25) is 5.75 Å². The maximum absolute atomic E-state index is 5.54. The van der Waals surface area contributed by atoms with Gasteiger partial charge in [-0.25, -0.2) is 0 Å². The second-order valence-corrected chi connectivity index (χ2v) is 11.2. The van der Waals surface area contributed by atoms with Gasteiger partial charge in [0.15, 0.2) is 11.5 Å². The Kier molecular flexibility index (Phi) is 7.19. The summed E-state index contributed by atoms with van der Waals surface area (Å²) in [6.07, 6.45) is 6.37. The standard InChI is InChI=1S/C30H43NO3/c1-20(2)22-9-11-24-23(17-22)10-12-27-29(3,13-8-14-30(24,27)4)19-31-18-21-15-25(32-5)28(34-7)26(16-21)33-6/h9,11,15-17,20,27,31H,8,10,12-14,18-19H2,1-7H3/t27-,29-,30+/m0/s1. The van der Waals surface area contributed by atoms with E-state index in [1.165, 1.54) is 37.7 Å². The predicted molar refractivity (Wildman–Crippen MR) is 139 cm³/mol. The van der Waals surface area contributed by atoms with Crippen LogP contribution >= 0.6 is 0 Å². The fourth-order valence-corrected chi connectivity index (χ4v) is 6.94. The fraction of sp³-hybridized carbons (Fsp3) is 0.600. The van der Waals surface area contributed by atoms with Crippen LogP contribution in [0, 0.1) is 11.3 Å². The molecular formula is C30H43NO3. The number of methoxy groups -OCH3 is 3. The first-order valence-corrected chi connectivity index (χ1v) is 12.9. The Morgan fingerprint density at radius 2 is 1.68 bits per heavy atom. The Morgan fingerprint density at radius 3 is 2.29 bits per heavy atom. The van der Waals surface area contributed by atoms with E-state index in [9.17, 15) is 0 Å². The SMILES string of the molecule is COc1cc(CNC[C@]2(C)CCC[C@]3(C)c4ccc(C(C)C)cc4CC[C@@H]23)cc(OC)c1OC. The minimum Gasteiger partial charge on any atom is -0.493 e. The van der Waals surface area contributed by atoms with Crippen molar-refractivity contribution in [2.45, 2.75) is 77.7 Å². The maximum Gasteiger partial charge on any atom is 0.203 e. The monoisotopic (exact) mass is 465 g/mol. The maximum atomic E-state index is 5.54. The molecule has 2 aromatic rings. The minimum absolute atomic E-state index is 0.268. The van der Waals surface area contributed by atoms with E-state index in [2.05, 4.69) is 51.2 Å². The van der Waals surface area contributed by atoms with Gasteiger partial charge in [0.1, 0.15) is 0 Å². The third-order valence-corrected chi connectivity index (χ3v) is 8.75. The molecule has 1 fully saturated rings. The van der Waals surface area contributed by atoms with Crippen molar-refractivity contribution in [2.75, 3.05) is 27.9 Å². The fourth-order valence-electron chi connectivity index (χ4n) is 6.94. The summed E-state index contributed by atoms with van der Waals surface area (Å²) in [6, 6.07) is 11.4. The van der Waals surface area contributed by atoms with Gasteiger partial charge in [0, 0.05) is 13.1 Å². The number of hydrogen-bond donors (Lipinski definition) is 1. The average Bonchev–Trinajstić information content (AvgIpc) is 2.82. The van der Waals surface area contributed by atoms with Crippen LogP contribution in [0.2, 0.25) is 0 Å². The summed E-state index contributed by atoms with van der Waals surface area (Å²) in [4.78, 5) is 0. The summed E-state index contributed by atoms with van der Waals surface area (Å²) in [5.74, 6) is 3.34. The molecule has 186 valence electrons. The lowest BCUT2D eigenvalue weighted by atomic mass is 9.49. The summed E-state index contributed by atoms with van der Waals surface area (Å²) in [7, 11) is 4.98. The first-order chi connectivity index (χ1) is 16.3. The quantitative estimate of drug-likeness (QED) is 0.475. The Hall–Kier alpha value is -2.20.